The van der Waals surface area contributed by atoms with Crippen LogP contribution in [0.25, 0.3) is 10.8 Å². The third kappa shape index (κ3) is 3.46. The van der Waals surface area contributed by atoms with Gasteiger partial charge >= 0.3 is 0 Å². The Morgan fingerprint density at radius 1 is 0.783 bits per heavy atom. The first-order valence-corrected chi connectivity index (χ1v) is 7.70. The fourth-order valence-electron chi connectivity index (χ4n) is 2.78. The number of nitrogens with one attached hydrogen (secondary N) is 1. The quantitative estimate of drug-likeness (QED) is 0.742. The van der Waals surface area contributed by atoms with Crippen LogP contribution < -0.4 is 14.8 Å². The second-order valence-corrected chi connectivity index (χ2v) is 5.42. The maximum Gasteiger partial charge on any atom is 0.127 e. The van der Waals surface area contributed by atoms with Crippen molar-refractivity contribution in [2.45, 2.75) is 13.1 Å². The molecule has 0 aliphatic rings. The van der Waals surface area contributed by atoms with Crippen LogP contribution in [0, 0.1) is 0 Å². The van der Waals surface area contributed by atoms with Gasteiger partial charge in [-0.1, -0.05) is 48.5 Å². The smallest absolute Gasteiger partial charge is 0.127 e. The minimum atomic E-state index is 0.746. The summed E-state index contributed by atoms with van der Waals surface area (Å²) < 4.78 is 10.7. The molecule has 0 atom stereocenters. The van der Waals surface area contributed by atoms with E-state index in [1.54, 1.807) is 14.2 Å². The first-order chi connectivity index (χ1) is 11.3. The highest BCUT2D eigenvalue weighted by molar-refractivity contribution is 5.85. The summed E-state index contributed by atoms with van der Waals surface area (Å²) in [4.78, 5) is 0. The van der Waals surface area contributed by atoms with E-state index in [0.29, 0.717) is 0 Å². The van der Waals surface area contributed by atoms with Gasteiger partial charge in [0.15, 0.2) is 0 Å². The normalized spacial score (nSPS) is 10.7. The molecule has 0 amide bonds. The number of methoxy groups -OCH3 is 2. The second-order valence-electron chi connectivity index (χ2n) is 5.42. The fraction of sp³-hybridized carbons (Fsp3) is 0.200. The van der Waals surface area contributed by atoms with Crippen LogP contribution in [-0.4, -0.2) is 14.2 Å². The molecule has 0 saturated carbocycles. The van der Waals surface area contributed by atoms with Gasteiger partial charge < -0.3 is 14.8 Å². The van der Waals surface area contributed by atoms with E-state index in [9.17, 15) is 0 Å². The zero-order valence-corrected chi connectivity index (χ0v) is 13.5. The van der Waals surface area contributed by atoms with Gasteiger partial charge in [0.1, 0.15) is 11.5 Å². The summed E-state index contributed by atoms with van der Waals surface area (Å²) >= 11 is 0. The van der Waals surface area contributed by atoms with Gasteiger partial charge in [0.2, 0.25) is 0 Å². The first-order valence-electron chi connectivity index (χ1n) is 7.70. The summed E-state index contributed by atoms with van der Waals surface area (Å²) in [6, 6.07) is 20.8. The summed E-state index contributed by atoms with van der Waals surface area (Å²) in [5.74, 6) is 1.65. The molecule has 1 N–H and O–H groups in total. The lowest BCUT2D eigenvalue weighted by molar-refractivity contribution is 0.390. The predicted octanol–water partition coefficient (Wildman–Crippen LogP) is 4.15. The van der Waals surface area contributed by atoms with Crippen LogP contribution in [-0.2, 0) is 13.1 Å². The third-order valence-electron chi connectivity index (χ3n) is 4.01. The minimum absolute atomic E-state index is 0.746. The molecule has 0 aromatic heterocycles. The number of rotatable bonds is 6. The Kier molecular flexibility index (Phi) is 4.79. The molecule has 3 aromatic rings. The number of fused-ring (bicyclic) bond motifs is 1. The number of hydrogen-bond acceptors (Lipinski definition) is 3. The van der Waals surface area contributed by atoms with Crippen molar-refractivity contribution >= 4 is 10.8 Å². The SMILES string of the molecule is COc1ccc(CNCc2cccc3ccccc23)c(OC)c1. The Morgan fingerprint density at radius 3 is 2.39 bits per heavy atom. The molecular weight excluding hydrogens is 286 g/mol. The van der Waals surface area contributed by atoms with E-state index in [4.69, 9.17) is 9.47 Å². The molecule has 3 nitrogen and oxygen atoms in total. The standard InChI is InChI=1S/C20H21NO2/c1-22-18-11-10-17(20(12-18)23-2)14-21-13-16-8-5-7-15-6-3-4-9-19(15)16/h3-12,21H,13-14H2,1-2H3. The third-order valence-corrected chi connectivity index (χ3v) is 4.01. The molecule has 23 heavy (non-hydrogen) atoms. The summed E-state index contributed by atoms with van der Waals surface area (Å²) in [5.41, 5.74) is 2.42. The van der Waals surface area contributed by atoms with Gasteiger partial charge in [0, 0.05) is 24.7 Å². The summed E-state index contributed by atoms with van der Waals surface area (Å²) in [5, 5.41) is 6.07. The van der Waals surface area contributed by atoms with Crippen LogP contribution in [0.3, 0.4) is 0 Å². The van der Waals surface area contributed by atoms with Crippen molar-refractivity contribution in [2.24, 2.45) is 0 Å². The first kappa shape index (κ1) is 15.4. The number of ether oxygens (including phenoxy) is 2. The predicted molar refractivity (Wildman–Crippen MR) is 94.0 cm³/mol. The molecule has 0 aliphatic heterocycles. The summed E-state index contributed by atoms with van der Waals surface area (Å²) in [7, 11) is 3.34. The molecule has 0 radical (unpaired) electrons. The van der Waals surface area contributed by atoms with E-state index < -0.39 is 0 Å². The molecule has 0 spiro atoms. The molecule has 0 saturated heterocycles. The summed E-state index contributed by atoms with van der Waals surface area (Å²) in [6.07, 6.45) is 0. The molecule has 3 heteroatoms. The lowest BCUT2D eigenvalue weighted by Crippen LogP contribution is -2.13. The van der Waals surface area contributed by atoms with Crippen molar-refractivity contribution in [1.82, 2.24) is 5.32 Å². The molecule has 0 fully saturated rings. The summed E-state index contributed by atoms with van der Waals surface area (Å²) in [6.45, 7) is 1.56. The van der Waals surface area contributed by atoms with Gasteiger partial charge in [-0.25, -0.2) is 0 Å². The molecular formula is C20H21NO2. The Bertz CT molecular complexity index is 793. The minimum Gasteiger partial charge on any atom is -0.497 e. The highest BCUT2D eigenvalue weighted by atomic mass is 16.5. The van der Waals surface area contributed by atoms with Crippen LogP contribution in [0.4, 0.5) is 0 Å². The largest absolute Gasteiger partial charge is 0.497 e. The van der Waals surface area contributed by atoms with E-state index in [2.05, 4.69) is 47.8 Å². The lowest BCUT2D eigenvalue weighted by Gasteiger charge is -2.12. The van der Waals surface area contributed by atoms with Crippen LogP contribution in [0.15, 0.2) is 60.7 Å². The Balaban J connectivity index is 1.72. The molecule has 0 aliphatic carbocycles. The zero-order valence-electron chi connectivity index (χ0n) is 13.5. The molecule has 118 valence electrons. The average Bonchev–Trinajstić information content (AvgIpc) is 2.62. The van der Waals surface area contributed by atoms with Gasteiger partial charge in [-0.15, -0.1) is 0 Å². The molecule has 3 rings (SSSR count). The lowest BCUT2D eigenvalue weighted by atomic mass is 10.0. The Labute approximate surface area is 136 Å². The van der Waals surface area contributed by atoms with Crippen molar-refractivity contribution in [3.05, 3.63) is 71.8 Å². The molecule has 0 heterocycles. The van der Waals surface area contributed by atoms with Crippen molar-refractivity contribution < 1.29 is 9.47 Å². The van der Waals surface area contributed by atoms with Crippen molar-refractivity contribution in [2.75, 3.05) is 14.2 Å². The van der Waals surface area contributed by atoms with Gasteiger partial charge in [-0.3, -0.25) is 0 Å². The van der Waals surface area contributed by atoms with Crippen LogP contribution in [0.2, 0.25) is 0 Å². The van der Waals surface area contributed by atoms with Crippen LogP contribution >= 0.6 is 0 Å². The van der Waals surface area contributed by atoms with Crippen LogP contribution in [0.1, 0.15) is 11.1 Å². The van der Waals surface area contributed by atoms with E-state index in [1.165, 1.54) is 16.3 Å². The Hall–Kier alpha value is -2.52. The maximum absolute atomic E-state index is 5.44. The zero-order chi connectivity index (χ0) is 16.1. The number of hydrogen-bond donors (Lipinski definition) is 1. The molecule has 0 bridgehead atoms. The van der Waals surface area contributed by atoms with Crippen LogP contribution in [0.5, 0.6) is 11.5 Å². The van der Waals surface area contributed by atoms with Gasteiger partial charge in [-0.2, -0.15) is 0 Å². The van der Waals surface area contributed by atoms with E-state index in [0.717, 1.165) is 30.2 Å². The highest BCUT2D eigenvalue weighted by Gasteiger charge is 2.05. The van der Waals surface area contributed by atoms with Gasteiger partial charge in [-0.05, 0) is 22.4 Å². The Morgan fingerprint density at radius 2 is 1.57 bits per heavy atom. The van der Waals surface area contributed by atoms with Gasteiger partial charge in [0.25, 0.3) is 0 Å². The molecule has 0 unspecified atom stereocenters. The van der Waals surface area contributed by atoms with E-state index in [-0.39, 0.29) is 0 Å². The average molecular weight is 307 g/mol. The fourth-order valence-corrected chi connectivity index (χ4v) is 2.78. The highest BCUT2D eigenvalue weighted by Crippen LogP contribution is 2.24. The van der Waals surface area contributed by atoms with E-state index >= 15 is 0 Å². The van der Waals surface area contributed by atoms with Crippen molar-refractivity contribution in [3.63, 3.8) is 0 Å². The van der Waals surface area contributed by atoms with Crippen molar-refractivity contribution in [1.29, 1.82) is 0 Å². The number of benzene rings is 3. The second kappa shape index (κ2) is 7.16. The monoisotopic (exact) mass is 307 g/mol. The van der Waals surface area contributed by atoms with E-state index in [1.807, 2.05) is 18.2 Å². The maximum atomic E-state index is 5.44. The van der Waals surface area contributed by atoms with Gasteiger partial charge in [0.05, 0.1) is 14.2 Å². The molecule has 3 aromatic carbocycles. The topological polar surface area (TPSA) is 30.5 Å². The van der Waals surface area contributed by atoms with Crippen molar-refractivity contribution in [3.8, 4) is 11.5 Å².